The van der Waals surface area contributed by atoms with Crippen LogP contribution in [0.5, 0.6) is 0 Å². The van der Waals surface area contributed by atoms with Gasteiger partial charge in [-0.2, -0.15) is 0 Å². The van der Waals surface area contributed by atoms with E-state index in [1.807, 2.05) is 37.3 Å². The molecule has 4 rings (SSSR count). The molecule has 1 aromatic heterocycles. The van der Waals surface area contributed by atoms with E-state index in [1.165, 1.54) is 0 Å². The smallest absolute Gasteiger partial charge is 0.321 e. The summed E-state index contributed by atoms with van der Waals surface area (Å²) in [5.41, 5.74) is 1.94. The second-order valence-electron chi connectivity index (χ2n) is 6.94. The van der Waals surface area contributed by atoms with Crippen LogP contribution in [0.2, 0.25) is 5.02 Å². The van der Waals surface area contributed by atoms with Crippen molar-refractivity contribution in [2.24, 2.45) is 0 Å². The first-order chi connectivity index (χ1) is 13.1. The predicted molar refractivity (Wildman–Crippen MR) is 104 cm³/mol. The van der Waals surface area contributed by atoms with Gasteiger partial charge in [0.1, 0.15) is 11.5 Å². The Morgan fingerprint density at radius 2 is 2.04 bits per heavy atom. The number of aryl methyl sites for hydroxylation is 1. The molecule has 2 aliphatic heterocycles. The van der Waals surface area contributed by atoms with E-state index in [0.29, 0.717) is 26.3 Å². The molecule has 144 valence electrons. The molecule has 1 aromatic carbocycles. The number of carbonyl (C=O) groups is 1. The number of benzene rings is 1. The number of amides is 2. The highest BCUT2D eigenvalue weighted by atomic mass is 35.5. The number of hydrogen-bond donors (Lipinski definition) is 1. The van der Waals surface area contributed by atoms with Crippen molar-refractivity contribution in [2.75, 3.05) is 44.3 Å². The molecule has 3 heterocycles. The molecule has 0 spiro atoms. The zero-order chi connectivity index (χ0) is 18.8. The molecular formula is C20H24ClN3O3. The van der Waals surface area contributed by atoms with Gasteiger partial charge >= 0.3 is 6.03 Å². The lowest BCUT2D eigenvalue weighted by atomic mass is 10.1. The summed E-state index contributed by atoms with van der Waals surface area (Å²) in [6, 6.07) is 9.55. The fraction of sp³-hybridized carbons (Fsp3) is 0.450. The van der Waals surface area contributed by atoms with E-state index in [1.54, 1.807) is 4.90 Å². The van der Waals surface area contributed by atoms with Crippen LogP contribution in [0, 0.1) is 6.92 Å². The monoisotopic (exact) mass is 389 g/mol. The summed E-state index contributed by atoms with van der Waals surface area (Å²) in [5, 5.41) is 3.81. The Labute approximate surface area is 164 Å². The molecule has 1 N–H and O–H groups in total. The van der Waals surface area contributed by atoms with Crippen molar-refractivity contribution in [1.29, 1.82) is 0 Å². The van der Waals surface area contributed by atoms with E-state index in [9.17, 15) is 4.79 Å². The molecule has 27 heavy (non-hydrogen) atoms. The normalized spacial score (nSPS) is 18.4. The summed E-state index contributed by atoms with van der Waals surface area (Å²) in [6.07, 6.45) is 0.784. The highest BCUT2D eigenvalue weighted by Crippen LogP contribution is 2.33. The fourth-order valence-electron chi connectivity index (χ4n) is 3.81. The van der Waals surface area contributed by atoms with E-state index in [-0.39, 0.29) is 12.1 Å². The molecular weight excluding hydrogens is 366 g/mol. The molecule has 6 nitrogen and oxygen atoms in total. The van der Waals surface area contributed by atoms with Gasteiger partial charge in [0, 0.05) is 31.2 Å². The minimum atomic E-state index is -0.0995. The predicted octanol–water partition coefficient (Wildman–Crippen LogP) is 3.39. The topological polar surface area (TPSA) is 58.0 Å². The van der Waals surface area contributed by atoms with Gasteiger partial charge in [-0.05, 0) is 43.2 Å². The largest absolute Gasteiger partial charge is 0.465 e. The van der Waals surface area contributed by atoms with Crippen LogP contribution in [0.25, 0.3) is 0 Å². The van der Waals surface area contributed by atoms with Gasteiger partial charge in [-0.3, -0.25) is 9.80 Å². The lowest BCUT2D eigenvalue weighted by Crippen LogP contribution is -2.46. The summed E-state index contributed by atoms with van der Waals surface area (Å²) < 4.78 is 11.3. The van der Waals surface area contributed by atoms with Gasteiger partial charge < -0.3 is 14.5 Å². The minimum absolute atomic E-state index is 0.00650. The van der Waals surface area contributed by atoms with E-state index < -0.39 is 0 Å². The maximum Gasteiger partial charge on any atom is 0.321 e. The van der Waals surface area contributed by atoms with Crippen molar-refractivity contribution in [1.82, 2.24) is 10.2 Å². The average Bonchev–Trinajstić information content (AvgIpc) is 3.30. The molecule has 0 bridgehead atoms. The fourth-order valence-corrected chi connectivity index (χ4v) is 4.08. The number of morpholine rings is 1. The Kier molecular flexibility index (Phi) is 5.38. The molecule has 0 radical (unpaired) electrons. The third kappa shape index (κ3) is 3.83. The van der Waals surface area contributed by atoms with Crippen molar-refractivity contribution < 1.29 is 13.9 Å². The molecule has 1 atom stereocenters. The van der Waals surface area contributed by atoms with Crippen molar-refractivity contribution >= 4 is 23.3 Å². The number of hydrogen-bond acceptors (Lipinski definition) is 4. The summed E-state index contributed by atoms with van der Waals surface area (Å²) in [6.45, 7) is 6.10. The standard InChI is InChI=1S/C20H24ClN3O3/c1-14-5-6-19(27-14)18(23-9-11-26-12-10-23)13-22-20(25)24-8-7-15-16(21)3-2-4-17(15)24/h2-6,18H,7-13H2,1H3,(H,22,25). The van der Waals surface area contributed by atoms with Crippen molar-refractivity contribution in [3.8, 4) is 0 Å². The second kappa shape index (κ2) is 7.92. The molecule has 0 aliphatic carbocycles. The summed E-state index contributed by atoms with van der Waals surface area (Å²) >= 11 is 6.26. The van der Waals surface area contributed by atoms with Gasteiger partial charge in [-0.15, -0.1) is 0 Å². The quantitative estimate of drug-likeness (QED) is 0.870. The van der Waals surface area contributed by atoms with Gasteiger partial charge in [0.25, 0.3) is 0 Å². The Bertz CT molecular complexity index is 817. The van der Waals surface area contributed by atoms with E-state index in [0.717, 1.165) is 47.3 Å². The molecule has 2 aromatic rings. The number of ether oxygens (including phenoxy) is 1. The summed E-state index contributed by atoms with van der Waals surface area (Å²) in [7, 11) is 0. The number of furan rings is 1. The SMILES string of the molecule is Cc1ccc(C(CNC(=O)N2CCc3c(Cl)cccc32)N2CCOCC2)o1. The van der Waals surface area contributed by atoms with Crippen LogP contribution in [-0.4, -0.2) is 50.3 Å². The van der Waals surface area contributed by atoms with Crippen LogP contribution in [0.4, 0.5) is 10.5 Å². The zero-order valence-corrected chi connectivity index (χ0v) is 16.2. The summed E-state index contributed by atoms with van der Waals surface area (Å²) in [5.74, 6) is 1.75. The van der Waals surface area contributed by atoms with Crippen molar-refractivity contribution in [3.05, 3.63) is 52.4 Å². The van der Waals surface area contributed by atoms with E-state index in [4.69, 9.17) is 20.8 Å². The van der Waals surface area contributed by atoms with E-state index >= 15 is 0 Å². The number of nitrogens with zero attached hydrogens (tertiary/aromatic N) is 2. The van der Waals surface area contributed by atoms with Gasteiger partial charge in [0.15, 0.2) is 0 Å². The number of rotatable bonds is 4. The van der Waals surface area contributed by atoms with Crippen molar-refractivity contribution in [3.63, 3.8) is 0 Å². The van der Waals surface area contributed by atoms with Crippen molar-refractivity contribution in [2.45, 2.75) is 19.4 Å². The first kappa shape index (κ1) is 18.3. The molecule has 1 fully saturated rings. The molecule has 1 unspecified atom stereocenters. The van der Waals surface area contributed by atoms with Crippen LogP contribution in [0.3, 0.4) is 0 Å². The van der Waals surface area contributed by atoms with Crippen LogP contribution in [0.15, 0.2) is 34.7 Å². The second-order valence-corrected chi connectivity index (χ2v) is 7.34. The maximum absolute atomic E-state index is 12.8. The number of halogens is 1. The number of nitrogens with one attached hydrogen (secondary N) is 1. The van der Waals surface area contributed by atoms with Gasteiger partial charge in [0.05, 0.1) is 24.9 Å². The number of carbonyl (C=O) groups excluding carboxylic acids is 1. The Balaban J connectivity index is 1.46. The number of urea groups is 1. The minimum Gasteiger partial charge on any atom is -0.465 e. The molecule has 1 saturated heterocycles. The van der Waals surface area contributed by atoms with E-state index in [2.05, 4.69) is 10.2 Å². The Morgan fingerprint density at radius 1 is 1.22 bits per heavy atom. The lowest BCUT2D eigenvalue weighted by Gasteiger charge is -2.33. The van der Waals surface area contributed by atoms with Gasteiger partial charge in [-0.25, -0.2) is 4.79 Å². The van der Waals surface area contributed by atoms with Crippen LogP contribution < -0.4 is 10.2 Å². The molecule has 2 aliphatic rings. The Morgan fingerprint density at radius 3 is 2.78 bits per heavy atom. The first-order valence-electron chi connectivity index (χ1n) is 9.34. The van der Waals surface area contributed by atoms with Gasteiger partial charge in [0.2, 0.25) is 0 Å². The lowest BCUT2D eigenvalue weighted by molar-refractivity contribution is 0.0122. The summed E-state index contributed by atoms with van der Waals surface area (Å²) in [4.78, 5) is 16.9. The van der Waals surface area contributed by atoms with Crippen LogP contribution in [-0.2, 0) is 11.2 Å². The third-order valence-electron chi connectivity index (χ3n) is 5.24. The maximum atomic E-state index is 12.8. The molecule has 7 heteroatoms. The zero-order valence-electron chi connectivity index (χ0n) is 15.4. The highest BCUT2D eigenvalue weighted by Gasteiger charge is 2.29. The number of fused-ring (bicyclic) bond motifs is 1. The van der Waals surface area contributed by atoms with Crippen LogP contribution in [0.1, 0.15) is 23.1 Å². The molecule has 2 amide bonds. The molecule has 0 saturated carbocycles. The van der Waals surface area contributed by atoms with Gasteiger partial charge in [-0.1, -0.05) is 17.7 Å². The third-order valence-corrected chi connectivity index (χ3v) is 5.59. The first-order valence-corrected chi connectivity index (χ1v) is 9.72. The number of anilines is 1. The Hall–Kier alpha value is -2.02. The van der Waals surface area contributed by atoms with Crippen LogP contribution >= 0.6 is 11.6 Å². The average molecular weight is 390 g/mol. The highest BCUT2D eigenvalue weighted by molar-refractivity contribution is 6.32.